The number of hydrogen-bond acceptors (Lipinski definition) is 3. The van der Waals surface area contributed by atoms with Gasteiger partial charge in [-0.2, -0.15) is 0 Å². The molecule has 0 bridgehead atoms. The summed E-state index contributed by atoms with van der Waals surface area (Å²) in [5.74, 6) is 0.409. The third-order valence-electron chi connectivity index (χ3n) is 2.93. The summed E-state index contributed by atoms with van der Waals surface area (Å²) in [6.07, 6.45) is 1.81. The number of carbonyl (C=O) groups is 1. The predicted octanol–water partition coefficient (Wildman–Crippen LogP) is 3.85. The van der Waals surface area contributed by atoms with Crippen molar-refractivity contribution in [2.24, 2.45) is 0 Å². The summed E-state index contributed by atoms with van der Waals surface area (Å²) in [5.41, 5.74) is 2.34. The van der Waals surface area contributed by atoms with Crippen LogP contribution in [0.15, 0.2) is 67.3 Å². The van der Waals surface area contributed by atoms with Gasteiger partial charge in [-0.25, -0.2) is 4.79 Å². The van der Waals surface area contributed by atoms with Crippen molar-refractivity contribution in [3.63, 3.8) is 0 Å². The molecule has 2 aromatic carbocycles. The lowest BCUT2D eigenvalue weighted by Crippen LogP contribution is -2.06. The molecule has 2 aromatic rings. The Bertz CT molecular complexity index is 573. The minimum Gasteiger partial charge on any atom is -0.493 e. The first-order valence-corrected chi connectivity index (χ1v) is 6.87. The van der Waals surface area contributed by atoms with Crippen LogP contribution in [-0.2, 0) is 9.53 Å². The molecule has 0 amide bonds. The first-order chi connectivity index (χ1) is 10.3. The van der Waals surface area contributed by atoms with Crippen molar-refractivity contribution >= 4 is 5.97 Å². The van der Waals surface area contributed by atoms with Gasteiger partial charge >= 0.3 is 5.97 Å². The number of ether oxygens (including phenoxy) is 2. The standard InChI is InChI=1S/C18H18O3/c1-2-18(19)21-14-6-13-20-17-11-9-16(10-12-17)15-7-4-3-5-8-15/h2-5,7-12H,1,6,13-14H2. The Labute approximate surface area is 124 Å². The van der Waals surface area contributed by atoms with Crippen molar-refractivity contribution in [2.45, 2.75) is 6.42 Å². The smallest absolute Gasteiger partial charge is 0.330 e. The molecule has 0 saturated heterocycles. The van der Waals surface area contributed by atoms with Gasteiger partial charge in [0.15, 0.2) is 0 Å². The monoisotopic (exact) mass is 282 g/mol. The summed E-state index contributed by atoms with van der Waals surface area (Å²) >= 11 is 0. The van der Waals surface area contributed by atoms with Gasteiger partial charge in [-0.15, -0.1) is 0 Å². The van der Waals surface area contributed by atoms with E-state index in [0.717, 1.165) is 17.4 Å². The van der Waals surface area contributed by atoms with Gasteiger partial charge in [-0.05, 0) is 23.3 Å². The van der Waals surface area contributed by atoms with Crippen LogP contribution in [0.25, 0.3) is 11.1 Å². The second-order valence-corrected chi connectivity index (χ2v) is 4.46. The molecule has 0 aliphatic heterocycles. The Balaban J connectivity index is 1.78. The molecule has 0 heterocycles. The van der Waals surface area contributed by atoms with Gasteiger partial charge in [0, 0.05) is 12.5 Å². The van der Waals surface area contributed by atoms with Gasteiger partial charge in [0.05, 0.1) is 13.2 Å². The fourth-order valence-electron chi connectivity index (χ4n) is 1.85. The lowest BCUT2D eigenvalue weighted by atomic mass is 10.1. The summed E-state index contributed by atoms with van der Waals surface area (Å²) in [4.78, 5) is 10.8. The number of hydrogen-bond donors (Lipinski definition) is 0. The number of rotatable bonds is 7. The Morgan fingerprint density at radius 3 is 2.29 bits per heavy atom. The lowest BCUT2D eigenvalue weighted by molar-refractivity contribution is -0.137. The Morgan fingerprint density at radius 1 is 0.952 bits per heavy atom. The Hall–Kier alpha value is -2.55. The van der Waals surface area contributed by atoms with E-state index in [4.69, 9.17) is 9.47 Å². The van der Waals surface area contributed by atoms with Gasteiger partial charge in [-0.1, -0.05) is 49.0 Å². The third-order valence-corrected chi connectivity index (χ3v) is 2.93. The minimum atomic E-state index is -0.401. The van der Waals surface area contributed by atoms with Crippen molar-refractivity contribution in [2.75, 3.05) is 13.2 Å². The molecule has 21 heavy (non-hydrogen) atoms. The molecular formula is C18H18O3. The second-order valence-electron chi connectivity index (χ2n) is 4.46. The van der Waals surface area contributed by atoms with Gasteiger partial charge in [0.1, 0.15) is 5.75 Å². The average Bonchev–Trinajstić information content (AvgIpc) is 2.55. The second kappa shape index (κ2) is 7.90. The van der Waals surface area contributed by atoms with Crippen LogP contribution in [0.3, 0.4) is 0 Å². The first-order valence-electron chi connectivity index (χ1n) is 6.87. The van der Waals surface area contributed by atoms with Crippen molar-refractivity contribution < 1.29 is 14.3 Å². The van der Waals surface area contributed by atoms with Crippen LogP contribution in [0.5, 0.6) is 5.75 Å². The predicted molar refractivity (Wildman–Crippen MR) is 83.1 cm³/mol. The van der Waals surface area contributed by atoms with E-state index in [9.17, 15) is 4.79 Å². The molecule has 0 radical (unpaired) electrons. The van der Waals surface area contributed by atoms with Crippen LogP contribution >= 0.6 is 0 Å². The highest BCUT2D eigenvalue weighted by molar-refractivity contribution is 5.81. The van der Waals surface area contributed by atoms with E-state index in [1.807, 2.05) is 42.5 Å². The molecule has 0 saturated carbocycles. The lowest BCUT2D eigenvalue weighted by Gasteiger charge is -2.07. The maximum Gasteiger partial charge on any atom is 0.330 e. The fourth-order valence-corrected chi connectivity index (χ4v) is 1.85. The van der Waals surface area contributed by atoms with Gasteiger partial charge in [0.25, 0.3) is 0 Å². The Kier molecular flexibility index (Phi) is 5.59. The average molecular weight is 282 g/mol. The van der Waals surface area contributed by atoms with Crippen molar-refractivity contribution in [3.8, 4) is 16.9 Å². The van der Waals surface area contributed by atoms with E-state index in [-0.39, 0.29) is 0 Å². The normalized spacial score (nSPS) is 9.90. The molecule has 0 aliphatic rings. The van der Waals surface area contributed by atoms with E-state index in [1.54, 1.807) is 0 Å². The molecular weight excluding hydrogens is 264 g/mol. The van der Waals surface area contributed by atoms with E-state index < -0.39 is 5.97 Å². The van der Waals surface area contributed by atoms with Crippen LogP contribution < -0.4 is 4.74 Å². The van der Waals surface area contributed by atoms with Crippen LogP contribution in [0.4, 0.5) is 0 Å². The number of carbonyl (C=O) groups excluding carboxylic acids is 1. The maximum absolute atomic E-state index is 10.8. The molecule has 0 aliphatic carbocycles. The highest BCUT2D eigenvalue weighted by atomic mass is 16.5. The topological polar surface area (TPSA) is 35.5 Å². The first kappa shape index (κ1) is 14.9. The van der Waals surface area contributed by atoms with Crippen molar-refractivity contribution in [1.29, 1.82) is 0 Å². The van der Waals surface area contributed by atoms with Crippen LogP contribution in [0.2, 0.25) is 0 Å². The molecule has 0 N–H and O–H groups in total. The summed E-state index contributed by atoms with van der Waals surface area (Å²) in [6.45, 7) is 4.18. The van der Waals surface area contributed by atoms with Crippen LogP contribution in [-0.4, -0.2) is 19.2 Å². The Morgan fingerprint density at radius 2 is 1.62 bits per heavy atom. The molecule has 0 fully saturated rings. The van der Waals surface area contributed by atoms with Gasteiger partial charge < -0.3 is 9.47 Å². The summed E-state index contributed by atoms with van der Waals surface area (Å²) in [7, 11) is 0. The van der Waals surface area contributed by atoms with E-state index in [1.165, 1.54) is 5.56 Å². The molecule has 0 spiro atoms. The van der Waals surface area contributed by atoms with Crippen molar-refractivity contribution in [3.05, 3.63) is 67.3 Å². The molecule has 2 rings (SSSR count). The molecule has 3 nitrogen and oxygen atoms in total. The molecule has 3 heteroatoms. The van der Waals surface area contributed by atoms with Crippen LogP contribution in [0.1, 0.15) is 6.42 Å². The maximum atomic E-state index is 10.8. The largest absolute Gasteiger partial charge is 0.493 e. The zero-order valence-electron chi connectivity index (χ0n) is 11.8. The molecule has 0 atom stereocenters. The quantitative estimate of drug-likeness (QED) is 0.439. The minimum absolute atomic E-state index is 0.340. The van der Waals surface area contributed by atoms with Crippen LogP contribution in [0, 0.1) is 0 Å². The highest BCUT2D eigenvalue weighted by Gasteiger charge is 1.99. The summed E-state index contributed by atoms with van der Waals surface area (Å²) < 4.78 is 10.5. The zero-order chi connectivity index (χ0) is 14.9. The number of benzene rings is 2. The highest BCUT2D eigenvalue weighted by Crippen LogP contribution is 2.22. The summed E-state index contributed by atoms with van der Waals surface area (Å²) in [5, 5.41) is 0. The van der Waals surface area contributed by atoms with E-state index in [0.29, 0.717) is 19.6 Å². The van der Waals surface area contributed by atoms with Gasteiger partial charge in [0.2, 0.25) is 0 Å². The zero-order valence-corrected chi connectivity index (χ0v) is 11.8. The third kappa shape index (κ3) is 4.80. The fraction of sp³-hybridized carbons (Fsp3) is 0.167. The molecule has 0 aromatic heterocycles. The summed E-state index contributed by atoms with van der Waals surface area (Å²) in [6, 6.07) is 18.1. The van der Waals surface area contributed by atoms with Gasteiger partial charge in [-0.3, -0.25) is 0 Å². The van der Waals surface area contributed by atoms with E-state index in [2.05, 4.69) is 18.7 Å². The molecule has 108 valence electrons. The number of esters is 1. The molecule has 0 unspecified atom stereocenters. The van der Waals surface area contributed by atoms with Crippen molar-refractivity contribution in [1.82, 2.24) is 0 Å². The van der Waals surface area contributed by atoms with E-state index >= 15 is 0 Å². The SMILES string of the molecule is C=CC(=O)OCCCOc1ccc(-c2ccccc2)cc1.